The number of carbonyl (C=O) groups is 1. The second-order valence-electron chi connectivity index (χ2n) is 6.45. The molecule has 2 aromatic heterocycles. The molecule has 0 radical (unpaired) electrons. The number of nitrogens with zero attached hydrogens (tertiary/aromatic N) is 2. The molecule has 0 fully saturated rings. The number of H-pyrrole nitrogens is 1. The highest BCUT2D eigenvalue weighted by Gasteiger charge is 2.30. The van der Waals surface area contributed by atoms with Crippen molar-refractivity contribution in [3.8, 4) is 0 Å². The Hall–Kier alpha value is -2.65. The standard InChI is InChI=1S/C18H20N4O4S/c1-2-27(24,25)22-8-7-14-15(11-22)20-21-17(14)18(23)19-10-13-9-12-5-3-4-6-16(12)26-13/h3-6,9H,2,7-8,10-11H2,1H3,(H,19,23)(H,20,21). The van der Waals surface area contributed by atoms with E-state index in [0.29, 0.717) is 30.1 Å². The van der Waals surface area contributed by atoms with Gasteiger partial charge in [-0.3, -0.25) is 9.89 Å². The normalized spacial score (nSPS) is 15.0. The maximum Gasteiger partial charge on any atom is 0.272 e. The monoisotopic (exact) mass is 388 g/mol. The molecule has 0 unspecified atom stereocenters. The molecule has 0 saturated carbocycles. The first-order valence-electron chi connectivity index (χ1n) is 8.77. The molecule has 0 bridgehead atoms. The minimum atomic E-state index is -3.26. The number of rotatable bonds is 5. The van der Waals surface area contributed by atoms with Crippen LogP contribution in [0, 0.1) is 0 Å². The van der Waals surface area contributed by atoms with Gasteiger partial charge in [0.25, 0.3) is 5.91 Å². The first-order chi connectivity index (χ1) is 13.0. The Labute approximate surface area is 156 Å². The summed E-state index contributed by atoms with van der Waals surface area (Å²) in [5.41, 5.74) is 2.54. The van der Waals surface area contributed by atoms with Crippen molar-refractivity contribution >= 4 is 26.9 Å². The van der Waals surface area contributed by atoms with Crippen LogP contribution in [0.3, 0.4) is 0 Å². The van der Waals surface area contributed by atoms with Gasteiger partial charge in [-0.15, -0.1) is 0 Å². The van der Waals surface area contributed by atoms with Crippen LogP contribution in [0.1, 0.15) is 34.4 Å². The maximum atomic E-state index is 12.5. The van der Waals surface area contributed by atoms with Crippen molar-refractivity contribution in [2.45, 2.75) is 26.4 Å². The van der Waals surface area contributed by atoms with E-state index >= 15 is 0 Å². The topological polar surface area (TPSA) is 108 Å². The molecule has 27 heavy (non-hydrogen) atoms. The molecule has 8 nitrogen and oxygen atoms in total. The summed E-state index contributed by atoms with van der Waals surface area (Å²) in [4.78, 5) is 12.5. The average molecular weight is 388 g/mol. The van der Waals surface area contributed by atoms with Gasteiger partial charge in [0.1, 0.15) is 11.3 Å². The van der Waals surface area contributed by atoms with Crippen molar-refractivity contribution in [1.82, 2.24) is 19.8 Å². The summed E-state index contributed by atoms with van der Waals surface area (Å²) in [5, 5.41) is 10.7. The molecule has 4 rings (SSSR count). The summed E-state index contributed by atoms with van der Waals surface area (Å²) in [6.07, 6.45) is 0.457. The molecule has 1 aliphatic rings. The summed E-state index contributed by atoms with van der Waals surface area (Å²) in [5.74, 6) is 0.412. The number of hydrogen-bond acceptors (Lipinski definition) is 5. The Morgan fingerprint density at radius 3 is 2.96 bits per heavy atom. The Balaban J connectivity index is 1.46. The Morgan fingerprint density at radius 2 is 2.19 bits per heavy atom. The van der Waals surface area contributed by atoms with Crippen LogP contribution in [0.2, 0.25) is 0 Å². The largest absolute Gasteiger partial charge is 0.459 e. The van der Waals surface area contributed by atoms with Gasteiger partial charge in [0.05, 0.1) is 24.5 Å². The van der Waals surface area contributed by atoms with Crippen molar-refractivity contribution in [2.24, 2.45) is 0 Å². The summed E-state index contributed by atoms with van der Waals surface area (Å²) in [6.45, 7) is 2.45. The zero-order valence-corrected chi connectivity index (χ0v) is 15.7. The molecule has 2 N–H and O–H groups in total. The summed E-state index contributed by atoms with van der Waals surface area (Å²) in [7, 11) is -3.26. The number of aromatic nitrogens is 2. The predicted octanol–water partition coefficient (Wildman–Crippen LogP) is 1.79. The van der Waals surface area contributed by atoms with Crippen LogP contribution in [-0.2, 0) is 29.5 Å². The highest BCUT2D eigenvalue weighted by Crippen LogP contribution is 2.23. The van der Waals surface area contributed by atoms with Crippen molar-refractivity contribution in [2.75, 3.05) is 12.3 Å². The molecule has 9 heteroatoms. The highest BCUT2D eigenvalue weighted by atomic mass is 32.2. The Morgan fingerprint density at radius 1 is 1.37 bits per heavy atom. The predicted molar refractivity (Wildman–Crippen MR) is 99.5 cm³/mol. The van der Waals surface area contributed by atoms with E-state index in [9.17, 15) is 13.2 Å². The average Bonchev–Trinajstić information content (AvgIpc) is 3.29. The summed E-state index contributed by atoms with van der Waals surface area (Å²) >= 11 is 0. The lowest BCUT2D eigenvalue weighted by Gasteiger charge is -2.25. The Kier molecular flexibility index (Phi) is 4.48. The van der Waals surface area contributed by atoms with Crippen molar-refractivity contribution < 1.29 is 17.6 Å². The minimum Gasteiger partial charge on any atom is -0.459 e. The fourth-order valence-electron chi connectivity index (χ4n) is 3.28. The molecule has 1 amide bonds. The van der Waals surface area contributed by atoms with E-state index in [0.717, 1.165) is 16.5 Å². The lowest BCUT2D eigenvalue weighted by atomic mass is 10.1. The number of para-hydroxylation sites is 1. The lowest BCUT2D eigenvalue weighted by molar-refractivity contribution is 0.0942. The number of nitrogens with one attached hydrogen (secondary N) is 2. The number of sulfonamides is 1. The molecular weight excluding hydrogens is 368 g/mol. The molecule has 0 saturated heterocycles. The Bertz CT molecular complexity index is 1070. The van der Waals surface area contributed by atoms with E-state index in [-0.39, 0.29) is 24.7 Å². The van der Waals surface area contributed by atoms with Gasteiger partial charge in [-0.2, -0.15) is 9.40 Å². The quantitative estimate of drug-likeness (QED) is 0.693. The molecule has 1 aliphatic heterocycles. The third kappa shape index (κ3) is 3.35. The minimum absolute atomic E-state index is 0.0569. The van der Waals surface area contributed by atoms with Crippen LogP contribution in [0.4, 0.5) is 0 Å². The lowest BCUT2D eigenvalue weighted by Crippen LogP contribution is -2.37. The van der Waals surface area contributed by atoms with Crippen LogP contribution < -0.4 is 5.32 Å². The third-order valence-corrected chi connectivity index (χ3v) is 6.60. The van der Waals surface area contributed by atoms with Gasteiger partial charge >= 0.3 is 0 Å². The number of carbonyl (C=O) groups excluding carboxylic acids is 1. The smallest absolute Gasteiger partial charge is 0.272 e. The van der Waals surface area contributed by atoms with Crippen molar-refractivity contribution in [3.05, 3.63) is 53.0 Å². The van der Waals surface area contributed by atoms with Crippen molar-refractivity contribution in [1.29, 1.82) is 0 Å². The number of benzene rings is 1. The number of furan rings is 1. The molecule has 3 heterocycles. The molecular formula is C18H20N4O4S. The number of hydrogen-bond donors (Lipinski definition) is 2. The van der Waals surface area contributed by atoms with E-state index in [1.165, 1.54) is 4.31 Å². The SMILES string of the molecule is CCS(=O)(=O)N1CCc2c(C(=O)NCc3cc4ccccc4o3)n[nH]c2C1. The van der Waals surface area contributed by atoms with Gasteiger partial charge in [-0.1, -0.05) is 18.2 Å². The molecule has 0 spiro atoms. The summed E-state index contributed by atoms with van der Waals surface area (Å²) in [6, 6.07) is 9.54. The fourth-order valence-corrected chi connectivity index (χ4v) is 4.34. The van der Waals surface area contributed by atoms with E-state index in [1.54, 1.807) is 6.92 Å². The van der Waals surface area contributed by atoms with Crippen LogP contribution >= 0.6 is 0 Å². The highest BCUT2D eigenvalue weighted by molar-refractivity contribution is 7.89. The van der Waals surface area contributed by atoms with Crippen LogP contribution in [-0.4, -0.2) is 41.1 Å². The van der Waals surface area contributed by atoms with Crippen LogP contribution in [0.15, 0.2) is 34.7 Å². The van der Waals surface area contributed by atoms with Gasteiger partial charge in [0.15, 0.2) is 5.69 Å². The van der Waals surface area contributed by atoms with E-state index < -0.39 is 10.0 Å². The second kappa shape index (κ2) is 6.82. The first-order valence-corrected chi connectivity index (χ1v) is 10.4. The van der Waals surface area contributed by atoms with Crippen molar-refractivity contribution in [3.63, 3.8) is 0 Å². The van der Waals surface area contributed by atoms with E-state index in [2.05, 4.69) is 15.5 Å². The number of amides is 1. The zero-order chi connectivity index (χ0) is 19.0. The summed E-state index contributed by atoms with van der Waals surface area (Å²) < 4.78 is 31.2. The van der Waals surface area contributed by atoms with Gasteiger partial charge in [0, 0.05) is 17.5 Å². The fraction of sp³-hybridized carbons (Fsp3) is 0.333. The number of fused-ring (bicyclic) bond motifs is 2. The van der Waals surface area contributed by atoms with Gasteiger partial charge < -0.3 is 9.73 Å². The molecule has 0 aliphatic carbocycles. The molecule has 1 aromatic carbocycles. The maximum absolute atomic E-state index is 12.5. The van der Waals surface area contributed by atoms with Crippen LogP contribution in [0.25, 0.3) is 11.0 Å². The second-order valence-corrected chi connectivity index (χ2v) is 8.70. The van der Waals surface area contributed by atoms with E-state index in [4.69, 9.17) is 4.42 Å². The third-order valence-electron chi connectivity index (χ3n) is 4.77. The molecule has 142 valence electrons. The van der Waals surface area contributed by atoms with Gasteiger partial charge in [-0.05, 0) is 25.5 Å². The number of aromatic amines is 1. The van der Waals surface area contributed by atoms with Gasteiger partial charge in [-0.25, -0.2) is 8.42 Å². The van der Waals surface area contributed by atoms with E-state index in [1.807, 2.05) is 30.3 Å². The van der Waals surface area contributed by atoms with Crippen LogP contribution in [0.5, 0.6) is 0 Å². The molecule has 3 aromatic rings. The zero-order valence-electron chi connectivity index (χ0n) is 14.9. The van der Waals surface area contributed by atoms with Gasteiger partial charge in [0.2, 0.25) is 10.0 Å². The molecule has 0 atom stereocenters. The first kappa shape index (κ1) is 17.7.